The maximum Gasteiger partial charge on any atom is 0.410 e. The second-order valence-corrected chi connectivity index (χ2v) is 12.7. The summed E-state index contributed by atoms with van der Waals surface area (Å²) in [6.07, 6.45) is 1.01. The van der Waals surface area contributed by atoms with Crippen molar-refractivity contribution < 1.29 is 42.2 Å². The molecule has 0 radical (unpaired) electrons. The SMILES string of the molecule is CC(C)OC(=O)N1CCC(ON=C2CCN(c3cc(F)c(COC(=O)[C@@H](NC(=O)OC(C)(C)C)C(C)C)cc3F)CC2)CC1. The molecule has 0 unspecified atom stereocenters. The van der Waals surface area contributed by atoms with Gasteiger partial charge in [-0.1, -0.05) is 19.0 Å². The fourth-order valence-corrected chi connectivity index (χ4v) is 4.77. The molecule has 11 nitrogen and oxygen atoms in total. The largest absolute Gasteiger partial charge is 0.459 e. The first-order valence-electron chi connectivity index (χ1n) is 15.2. The second kappa shape index (κ2) is 15.4. The number of hydrogen-bond donors (Lipinski definition) is 1. The number of benzene rings is 1. The minimum atomic E-state index is -1.02. The van der Waals surface area contributed by atoms with Crippen molar-refractivity contribution in [3.8, 4) is 0 Å². The van der Waals surface area contributed by atoms with E-state index in [4.69, 9.17) is 19.0 Å². The third-order valence-electron chi connectivity index (χ3n) is 7.13. The highest BCUT2D eigenvalue weighted by molar-refractivity contribution is 5.86. The molecule has 2 heterocycles. The van der Waals surface area contributed by atoms with E-state index in [1.807, 2.05) is 13.8 Å². The number of esters is 1. The summed E-state index contributed by atoms with van der Waals surface area (Å²) in [6.45, 7) is 13.6. The zero-order valence-electron chi connectivity index (χ0n) is 26.8. The lowest BCUT2D eigenvalue weighted by Gasteiger charge is -2.32. The van der Waals surface area contributed by atoms with Crippen LogP contribution in [0.3, 0.4) is 0 Å². The van der Waals surface area contributed by atoms with Crippen LogP contribution in [-0.4, -0.2) is 78.8 Å². The van der Waals surface area contributed by atoms with Crippen LogP contribution in [0.2, 0.25) is 0 Å². The van der Waals surface area contributed by atoms with E-state index in [1.165, 1.54) is 0 Å². The number of carbonyl (C=O) groups is 3. The Kier molecular flexibility index (Phi) is 12.2. The standard InChI is InChI=1S/C31H46F2N4O7/c1-19(2)27(34-29(39)43-31(5,6)7)28(38)41-18-21-16-25(33)26(17-24(21)32)36-12-8-22(9-13-36)35-44-23-10-14-37(15-11-23)30(40)42-20(3)4/h16-17,19-20,23,27H,8-15,18H2,1-7H3,(H,34,39)/t27-/m0/s1. The van der Waals surface area contributed by atoms with Gasteiger partial charge in [0.2, 0.25) is 0 Å². The van der Waals surface area contributed by atoms with E-state index in [0.717, 1.165) is 17.8 Å². The maximum atomic E-state index is 15.1. The molecule has 44 heavy (non-hydrogen) atoms. The van der Waals surface area contributed by atoms with Gasteiger partial charge >= 0.3 is 18.2 Å². The van der Waals surface area contributed by atoms with Crippen molar-refractivity contribution in [1.29, 1.82) is 0 Å². The van der Waals surface area contributed by atoms with Crippen molar-refractivity contribution in [2.45, 2.75) is 105 Å². The molecule has 0 bridgehead atoms. The van der Waals surface area contributed by atoms with Crippen LogP contribution >= 0.6 is 0 Å². The molecule has 1 aromatic rings. The predicted octanol–water partition coefficient (Wildman–Crippen LogP) is 5.54. The van der Waals surface area contributed by atoms with E-state index in [-0.39, 0.29) is 35.5 Å². The van der Waals surface area contributed by atoms with Gasteiger partial charge in [0.05, 0.1) is 17.5 Å². The number of nitrogens with zero attached hydrogens (tertiary/aromatic N) is 3. The van der Waals surface area contributed by atoms with Crippen LogP contribution in [-0.2, 0) is 30.4 Å². The fourth-order valence-electron chi connectivity index (χ4n) is 4.77. The highest BCUT2D eigenvalue weighted by Crippen LogP contribution is 2.27. The van der Waals surface area contributed by atoms with E-state index >= 15 is 4.39 Å². The predicted molar refractivity (Wildman–Crippen MR) is 160 cm³/mol. The summed E-state index contributed by atoms with van der Waals surface area (Å²) in [4.78, 5) is 46.0. The molecule has 246 valence electrons. The molecule has 1 atom stereocenters. The van der Waals surface area contributed by atoms with Gasteiger partial charge in [0, 0.05) is 63.5 Å². The summed E-state index contributed by atoms with van der Waals surface area (Å²) in [5.74, 6) is -2.45. The number of piperidine rings is 2. The number of halogens is 2. The average molecular weight is 625 g/mol. The topological polar surface area (TPSA) is 119 Å². The molecule has 1 N–H and O–H groups in total. The van der Waals surface area contributed by atoms with E-state index in [1.54, 1.807) is 44.4 Å². The van der Waals surface area contributed by atoms with Gasteiger partial charge in [0.15, 0.2) is 0 Å². The Morgan fingerprint density at radius 1 is 1.00 bits per heavy atom. The van der Waals surface area contributed by atoms with Gasteiger partial charge < -0.3 is 34.2 Å². The third kappa shape index (κ3) is 10.5. The molecule has 0 saturated carbocycles. The number of oxime groups is 1. The molecule has 0 spiro atoms. The number of carbonyl (C=O) groups excluding carboxylic acids is 3. The fraction of sp³-hybridized carbons (Fsp3) is 0.677. The summed E-state index contributed by atoms with van der Waals surface area (Å²) in [7, 11) is 0. The van der Waals surface area contributed by atoms with Gasteiger partial charge in [0.25, 0.3) is 0 Å². The molecule has 0 aliphatic carbocycles. The van der Waals surface area contributed by atoms with Crippen LogP contribution in [0, 0.1) is 17.6 Å². The van der Waals surface area contributed by atoms with Crippen LogP contribution in [0.25, 0.3) is 0 Å². The zero-order chi connectivity index (χ0) is 32.6. The molecule has 2 aliphatic heterocycles. The Morgan fingerprint density at radius 3 is 2.20 bits per heavy atom. The first-order chi connectivity index (χ1) is 20.6. The summed E-state index contributed by atoms with van der Waals surface area (Å²) >= 11 is 0. The van der Waals surface area contributed by atoms with Crippen LogP contribution in [0.5, 0.6) is 0 Å². The van der Waals surface area contributed by atoms with Crippen molar-refractivity contribution in [2.24, 2.45) is 11.1 Å². The first kappa shape index (κ1) is 34.8. The number of amides is 2. The van der Waals surface area contributed by atoms with Crippen molar-refractivity contribution in [3.05, 3.63) is 29.3 Å². The van der Waals surface area contributed by atoms with Gasteiger partial charge in [0.1, 0.15) is 36.0 Å². The lowest BCUT2D eigenvalue weighted by molar-refractivity contribution is -0.148. The van der Waals surface area contributed by atoms with Crippen molar-refractivity contribution in [1.82, 2.24) is 10.2 Å². The third-order valence-corrected chi connectivity index (χ3v) is 7.13. The lowest BCUT2D eigenvalue weighted by atomic mass is 10.0. The van der Waals surface area contributed by atoms with Crippen LogP contribution in [0.1, 0.15) is 79.7 Å². The normalized spacial score (nSPS) is 16.9. The molecule has 2 amide bonds. The van der Waals surface area contributed by atoms with Crippen molar-refractivity contribution in [2.75, 3.05) is 31.1 Å². The highest BCUT2D eigenvalue weighted by Gasteiger charge is 2.29. The number of ether oxygens (including phenoxy) is 3. The summed E-state index contributed by atoms with van der Waals surface area (Å²) in [5.41, 5.74) is 0.0894. The molecule has 2 saturated heterocycles. The summed E-state index contributed by atoms with van der Waals surface area (Å²) in [5, 5.41) is 6.80. The van der Waals surface area contributed by atoms with E-state index in [2.05, 4.69) is 10.5 Å². The van der Waals surface area contributed by atoms with Gasteiger partial charge in [-0.25, -0.2) is 23.2 Å². The van der Waals surface area contributed by atoms with Crippen molar-refractivity contribution in [3.63, 3.8) is 0 Å². The highest BCUT2D eigenvalue weighted by atomic mass is 19.1. The molecule has 3 rings (SSSR count). The quantitative estimate of drug-likeness (QED) is 0.216. The number of rotatable bonds is 9. The van der Waals surface area contributed by atoms with E-state index in [0.29, 0.717) is 51.9 Å². The number of alkyl carbamates (subject to hydrolysis) is 1. The van der Waals surface area contributed by atoms with Gasteiger partial charge in [-0.3, -0.25) is 0 Å². The molecule has 13 heteroatoms. The Labute approximate surface area is 258 Å². The molecular formula is C31H46F2N4O7. The van der Waals surface area contributed by atoms with E-state index in [9.17, 15) is 18.8 Å². The molecule has 0 aromatic heterocycles. The smallest absolute Gasteiger partial charge is 0.410 e. The van der Waals surface area contributed by atoms with Crippen LogP contribution < -0.4 is 10.2 Å². The number of nitrogens with one attached hydrogen (secondary N) is 1. The maximum absolute atomic E-state index is 15.1. The first-order valence-corrected chi connectivity index (χ1v) is 15.2. The Balaban J connectivity index is 1.49. The monoisotopic (exact) mass is 624 g/mol. The Morgan fingerprint density at radius 2 is 1.64 bits per heavy atom. The number of likely N-dealkylation sites (tertiary alicyclic amines) is 1. The summed E-state index contributed by atoms with van der Waals surface area (Å²) < 4.78 is 45.8. The van der Waals surface area contributed by atoms with Crippen LogP contribution in [0.4, 0.5) is 24.1 Å². The van der Waals surface area contributed by atoms with Gasteiger partial charge in [-0.05, 0) is 46.6 Å². The zero-order valence-corrected chi connectivity index (χ0v) is 26.8. The second-order valence-electron chi connectivity index (χ2n) is 12.7. The molecule has 1 aromatic carbocycles. The summed E-state index contributed by atoms with van der Waals surface area (Å²) in [6, 6.07) is 1.11. The number of anilines is 1. The molecule has 2 fully saturated rings. The molecular weight excluding hydrogens is 578 g/mol. The van der Waals surface area contributed by atoms with Gasteiger partial charge in [-0.2, -0.15) is 0 Å². The lowest BCUT2D eigenvalue weighted by Crippen LogP contribution is -2.47. The minimum absolute atomic E-state index is 0.0966. The average Bonchev–Trinajstić information content (AvgIpc) is 2.94. The Bertz CT molecular complexity index is 1180. The van der Waals surface area contributed by atoms with E-state index < -0.39 is 41.9 Å². The number of hydrogen-bond acceptors (Lipinski definition) is 9. The van der Waals surface area contributed by atoms with Gasteiger partial charge in [-0.15, -0.1) is 0 Å². The van der Waals surface area contributed by atoms with Crippen molar-refractivity contribution >= 4 is 29.6 Å². The Hall–Kier alpha value is -3.64. The minimum Gasteiger partial charge on any atom is -0.459 e. The molecule has 2 aliphatic rings. The van der Waals surface area contributed by atoms with Crippen LogP contribution in [0.15, 0.2) is 17.3 Å².